The molecule has 1 aromatic heterocycles. The van der Waals surface area contributed by atoms with E-state index in [9.17, 15) is 4.79 Å². The maximum atomic E-state index is 13.4. The van der Waals surface area contributed by atoms with Crippen molar-refractivity contribution >= 4 is 28.7 Å². The second kappa shape index (κ2) is 10.6. The normalized spacial score (nSPS) is 26.9. The Morgan fingerprint density at radius 3 is 2.63 bits per heavy atom. The number of nitrogens with zero attached hydrogens (tertiary/aromatic N) is 3. The molecule has 35 heavy (non-hydrogen) atoms. The molecule has 0 saturated carbocycles. The van der Waals surface area contributed by atoms with Crippen molar-refractivity contribution in [2.24, 2.45) is 16.8 Å². The first-order valence-corrected chi connectivity index (χ1v) is 13.2. The van der Waals surface area contributed by atoms with Crippen LogP contribution in [-0.4, -0.2) is 34.1 Å². The van der Waals surface area contributed by atoms with E-state index in [0.717, 1.165) is 49.3 Å². The van der Waals surface area contributed by atoms with E-state index in [1.165, 1.54) is 0 Å². The van der Waals surface area contributed by atoms with Crippen molar-refractivity contribution in [3.63, 3.8) is 0 Å². The summed E-state index contributed by atoms with van der Waals surface area (Å²) in [7, 11) is 0. The Morgan fingerprint density at radius 1 is 1.29 bits per heavy atom. The topological polar surface area (TPSA) is 69.6 Å². The summed E-state index contributed by atoms with van der Waals surface area (Å²) in [6, 6.07) is 4.06. The molecule has 2 N–H and O–H groups in total. The quantitative estimate of drug-likeness (QED) is 0.398. The average Bonchev–Trinajstić information content (AvgIpc) is 3.09. The Kier molecular flexibility index (Phi) is 8.20. The molecule has 1 amide bonds. The van der Waals surface area contributed by atoms with Crippen LogP contribution >= 0.6 is 11.9 Å². The van der Waals surface area contributed by atoms with Crippen LogP contribution in [0, 0.1) is 11.8 Å². The Labute approximate surface area is 215 Å². The van der Waals surface area contributed by atoms with Gasteiger partial charge in [0.2, 0.25) is 0 Å². The van der Waals surface area contributed by atoms with Crippen molar-refractivity contribution in [1.82, 2.24) is 15.0 Å². The van der Waals surface area contributed by atoms with Crippen molar-refractivity contribution in [2.75, 3.05) is 11.4 Å². The molecule has 2 bridgehead atoms. The minimum absolute atomic E-state index is 0.125. The highest BCUT2D eigenvalue weighted by atomic mass is 32.2. The predicted octanol–water partition coefficient (Wildman–Crippen LogP) is 5.99. The molecule has 3 atom stereocenters. The minimum atomic E-state index is -0.196. The Hall–Kier alpha value is -2.54. The summed E-state index contributed by atoms with van der Waals surface area (Å²) in [5.41, 5.74) is 1.30. The first-order chi connectivity index (χ1) is 16.4. The predicted molar refractivity (Wildman–Crippen MR) is 150 cm³/mol. The number of amides is 1. The van der Waals surface area contributed by atoms with Gasteiger partial charge in [0.05, 0.1) is 5.56 Å². The van der Waals surface area contributed by atoms with Crippen LogP contribution < -0.4 is 14.9 Å². The fourth-order valence-electron chi connectivity index (χ4n) is 5.02. The standard InChI is InChI=1S/C28H41N5OS/c1-10-12-21-15-18(3)20-16-28(8,9)33(17-20)25-22(13-14-23(31-25)27(5,6)7)26(34)32-35-24(11-2)30-19(4)29-21/h10-11,13-14,18,20-21,29H,1-2,4,12,15-17H2,3,5-9H3,(H,32,34)/b30-24+. The second-order valence-corrected chi connectivity index (χ2v) is 12.2. The third-order valence-electron chi connectivity index (χ3n) is 7.00. The highest BCUT2D eigenvalue weighted by Gasteiger charge is 2.43. The van der Waals surface area contributed by atoms with Crippen LogP contribution in [0.2, 0.25) is 0 Å². The fraction of sp³-hybridized carbons (Fsp3) is 0.536. The van der Waals surface area contributed by atoms with Crippen molar-refractivity contribution in [3.05, 3.63) is 61.1 Å². The third-order valence-corrected chi connectivity index (χ3v) is 7.76. The zero-order valence-corrected chi connectivity index (χ0v) is 23.0. The van der Waals surface area contributed by atoms with E-state index in [-0.39, 0.29) is 22.9 Å². The van der Waals surface area contributed by atoms with Crippen LogP contribution in [0.5, 0.6) is 0 Å². The fourth-order valence-corrected chi connectivity index (χ4v) is 5.57. The lowest BCUT2D eigenvalue weighted by molar-refractivity contribution is 0.0984. The summed E-state index contributed by atoms with van der Waals surface area (Å²) in [5, 5.41) is 4.03. The maximum Gasteiger partial charge on any atom is 0.265 e. The van der Waals surface area contributed by atoms with Gasteiger partial charge in [-0.1, -0.05) is 46.9 Å². The number of nitrogens with one attached hydrogen (secondary N) is 2. The van der Waals surface area contributed by atoms with Crippen molar-refractivity contribution in [2.45, 2.75) is 77.8 Å². The number of hydrogen-bond acceptors (Lipinski definition) is 6. The van der Waals surface area contributed by atoms with Crippen molar-refractivity contribution in [1.29, 1.82) is 0 Å². The zero-order valence-electron chi connectivity index (χ0n) is 22.1. The number of fused-ring (bicyclic) bond motifs is 4. The highest BCUT2D eigenvalue weighted by Crippen LogP contribution is 2.42. The van der Waals surface area contributed by atoms with E-state index >= 15 is 0 Å². The van der Waals surface area contributed by atoms with Gasteiger partial charge in [0.1, 0.15) is 16.7 Å². The van der Waals surface area contributed by atoms with Gasteiger partial charge in [-0.25, -0.2) is 9.98 Å². The Balaban J connectivity index is 2.10. The van der Waals surface area contributed by atoms with E-state index in [1.807, 2.05) is 18.2 Å². The largest absolute Gasteiger partial charge is 0.367 e. The van der Waals surface area contributed by atoms with Crippen molar-refractivity contribution in [3.8, 4) is 0 Å². The summed E-state index contributed by atoms with van der Waals surface area (Å²) in [5.74, 6) is 2.04. The van der Waals surface area contributed by atoms with Gasteiger partial charge < -0.3 is 10.2 Å². The summed E-state index contributed by atoms with van der Waals surface area (Å²) in [6.07, 6.45) is 6.40. The van der Waals surface area contributed by atoms with Crippen LogP contribution in [0.25, 0.3) is 0 Å². The molecule has 6 nitrogen and oxygen atoms in total. The monoisotopic (exact) mass is 495 g/mol. The molecule has 3 heterocycles. The SMILES string of the molecule is C=CCC1CC(C)C2CN(c3nc(C(C)(C)C)ccc3C(=O)NS/C(C=C)=N/C(=C)N1)C(C)(C)C2. The molecular formula is C28H41N5OS. The molecule has 0 spiro atoms. The molecule has 3 rings (SSSR count). The Bertz CT molecular complexity index is 1020. The lowest BCUT2D eigenvalue weighted by Crippen LogP contribution is -2.40. The van der Waals surface area contributed by atoms with Crippen molar-refractivity contribution < 1.29 is 4.79 Å². The molecule has 1 aromatic rings. The van der Waals surface area contributed by atoms with Gasteiger partial charge in [0, 0.05) is 41.2 Å². The molecule has 190 valence electrons. The molecule has 0 radical (unpaired) electrons. The molecule has 1 saturated heterocycles. The third kappa shape index (κ3) is 6.37. The molecule has 0 aliphatic carbocycles. The molecule has 2 aliphatic rings. The highest BCUT2D eigenvalue weighted by molar-refractivity contribution is 8.13. The number of rotatable bonds is 3. The number of aliphatic imine (C=N–C) groups is 1. The van der Waals surface area contributed by atoms with E-state index in [1.54, 1.807) is 6.08 Å². The van der Waals surface area contributed by atoms with Gasteiger partial charge in [-0.2, -0.15) is 0 Å². The minimum Gasteiger partial charge on any atom is -0.367 e. The number of anilines is 1. The maximum absolute atomic E-state index is 13.4. The number of hydrogen-bond donors (Lipinski definition) is 2. The number of carbonyl (C=O) groups is 1. The van der Waals surface area contributed by atoms with E-state index in [2.05, 4.69) is 81.2 Å². The summed E-state index contributed by atoms with van der Waals surface area (Å²) < 4.78 is 2.94. The zero-order chi connectivity index (χ0) is 26.0. The van der Waals surface area contributed by atoms with Gasteiger partial charge in [0.15, 0.2) is 0 Å². The van der Waals surface area contributed by atoms with Crippen LogP contribution in [0.15, 0.2) is 54.8 Å². The molecule has 3 unspecified atom stereocenters. The van der Waals surface area contributed by atoms with Crippen LogP contribution in [0.4, 0.5) is 5.82 Å². The van der Waals surface area contributed by atoms with Crippen LogP contribution in [0.3, 0.4) is 0 Å². The number of aromatic nitrogens is 1. The average molecular weight is 496 g/mol. The van der Waals surface area contributed by atoms with E-state index in [0.29, 0.717) is 28.3 Å². The molecular weight excluding hydrogens is 454 g/mol. The molecule has 7 heteroatoms. The van der Waals surface area contributed by atoms with Gasteiger partial charge >= 0.3 is 0 Å². The van der Waals surface area contributed by atoms with Gasteiger partial charge in [-0.15, -0.1) is 6.58 Å². The summed E-state index contributed by atoms with van der Waals surface area (Å²) in [6.45, 7) is 26.0. The van der Waals surface area contributed by atoms with E-state index in [4.69, 9.17) is 4.98 Å². The molecule has 1 fully saturated rings. The number of pyridine rings is 1. The smallest absolute Gasteiger partial charge is 0.265 e. The lowest BCUT2D eigenvalue weighted by atomic mass is 9.83. The first kappa shape index (κ1) is 27.1. The first-order valence-electron chi connectivity index (χ1n) is 12.4. The molecule has 2 aliphatic heterocycles. The summed E-state index contributed by atoms with van der Waals surface area (Å²) >= 11 is 1.14. The summed E-state index contributed by atoms with van der Waals surface area (Å²) in [4.78, 5) is 25.4. The lowest BCUT2D eigenvalue weighted by Gasteiger charge is -2.34. The van der Waals surface area contributed by atoms with Gasteiger partial charge in [-0.3, -0.25) is 9.52 Å². The van der Waals surface area contributed by atoms with E-state index < -0.39 is 0 Å². The molecule has 0 aromatic carbocycles. The second-order valence-electron chi connectivity index (χ2n) is 11.4. The van der Waals surface area contributed by atoms with Gasteiger partial charge in [0.25, 0.3) is 5.91 Å². The Morgan fingerprint density at radius 2 is 2.00 bits per heavy atom. The van der Waals surface area contributed by atoms with Crippen LogP contribution in [0.1, 0.15) is 76.9 Å². The van der Waals surface area contributed by atoms with Crippen LogP contribution in [-0.2, 0) is 5.41 Å². The van der Waals surface area contributed by atoms with Gasteiger partial charge in [-0.05, 0) is 63.2 Å². The number of carbonyl (C=O) groups excluding carboxylic acids is 1.